The zero-order valence-corrected chi connectivity index (χ0v) is 14.6. The van der Waals surface area contributed by atoms with E-state index >= 15 is 0 Å². The number of nitrogens with one attached hydrogen (secondary N) is 1. The molecule has 1 saturated heterocycles. The standard InChI is InChI=1S/C18H20N2O3S/c1-12-3-4-15(13(2)7-12)19-18(22)16-10-24-11-20(16)17(21)8-14-5-6-23-9-14/h3-7,9,16H,8,10-11H2,1-2H3,(H,19,22)/t16-/m1/s1. The lowest BCUT2D eigenvalue weighted by molar-refractivity contribution is -0.135. The molecule has 5 nitrogen and oxygen atoms in total. The normalized spacial score (nSPS) is 17.1. The molecular weight excluding hydrogens is 324 g/mol. The van der Waals surface area contributed by atoms with Crippen LogP contribution >= 0.6 is 11.8 Å². The van der Waals surface area contributed by atoms with E-state index in [1.807, 2.05) is 32.0 Å². The van der Waals surface area contributed by atoms with Crippen LogP contribution in [-0.4, -0.2) is 34.4 Å². The largest absolute Gasteiger partial charge is 0.472 e. The number of hydrogen-bond acceptors (Lipinski definition) is 4. The Labute approximate surface area is 145 Å². The highest BCUT2D eigenvalue weighted by Gasteiger charge is 2.34. The van der Waals surface area contributed by atoms with Crippen molar-refractivity contribution in [1.82, 2.24) is 4.90 Å². The van der Waals surface area contributed by atoms with E-state index in [-0.39, 0.29) is 18.2 Å². The van der Waals surface area contributed by atoms with Crippen LogP contribution in [0.25, 0.3) is 0 Å². The minimum Gasteiger partial charge on any atom is -0.472 e. The van der Waals surface area contributed by atoms with Gasteiger partial charge in [0.2, 0.25) is 11.8 Å². The lowest BCUT2D eigenvalue weighted by Gasteiger charge is -2.23. The molecule has 2 aromatic rings. The smallest absolute Gasteiger partial charge is 0.248 e. The molecule has 0 radical (unpaired) electrons. The van der Waals surface area contributed by atoms with E-state index < -0.39 is 6.04 Å². The second-order valence-electron chi connectivity index (χ2n) is 6.00. The summed E-state index contributed by atoms with van der Waals surface area (Å²) in [5, 5.41) is 2.96. The second-order valence-corrected chi connectivity index (χ2v) is 6.99. The van der Waals surface area contributed by atoms with Crippen LogP contribution in [0.5, 0.6) is 0 Å². The molecule has 1 aromatic heterocycles. The van der Waals surface area contributed by atoms with E-state index in [4.69, 9.17) is 4.42 Å². The fraction of sp³-hybridized carbons (Fsp3) is 0.333. The molecule has 0 aliphatic carbocycles. The van der Waals surface area contributed by atoms with Crippen LogP contribution in [0, 0.1) is 13.8 Å². The summed E-state index contributed by atoms with van der Waals surface area (Å²) in [7, 11) is 0. The van der Waals surface area contributed by atoms with E-state index in [0.717, 1.165) is 22.4 Å². The van der Waals surface area contributed by atoms with E-state index in [0.29, 0.717) is 11.6 Å². The predicted molar refractivity (Wildman–Crippen MR) is 94.9 cm³/mol. The van der Waals surface area contributed by atoms with Gasteiger partial charge in [0.05, 0.1) is 24.8 Å². The maximum Gasteiger partial charge on any atom is 0.248 e. The maximum absolute atomic E-state index is 12.6. The first-order valence-corrected chi connectivity index (χ1v) is 8.96. The first-order valence-electron chi connectivity index (χ1n) is 7.81. The van der Waals surface area contributed by atoms with E-state index in [1.165, 1.54) is 0 Å². The van der Waals surface area contributed by atoms with Crippen LogP contribution < -0.4 is 5.32 Å². The Morgan fingerprint density at radius 3 is 2.88 bits per heavy atom. The van der Waals surface area contributed by atoms with Crippen molar-refractivity contribution >= 4 is 29.3 Å². The lowest BCUT2D eigenvalue weighted by Crippen LogP contribution is -2.45. The van der Waals surface area contributed by atoms with Gasteiger partial charge in [-0.05, 0) is 37.1 Å². The monoisotopic (exact) mass is 344 g/mol. The van der Waals surface area contributed by atoms with Crippen LogP contribution in [0.1, 0.15) is 16.7 Å². The zero-order valence-electron chi connectivity index (χ0n) is 13.7. The molecule has 24 heavy (non-hydrogen) atoms. The summed E-state index contributed by atoms with van der Waals surface area (Å²) in [6.45, 7) is 3.98. The molecule has 1 aliphatic heterocycles. The molecular formula is C18H20N2O3S. The van der Waals surface area contributed by atoms with Gasteiger partial charge in [0.15, 0.2) is 0 Å². The number of nitrogens with zero attached hydrogens (tertiary/aromatic N) is 1. The van der Waals surface area contributed by atoms with Crippen molar-refractivity contribution in [2.45, 2.75) is 26.3 Å². The molecule has 0 unspecified atom stereocenters. The van der Waals surface area contributed by atoms with E-state index in [1.54, 1.807) is 35.3 Å². The number of thioether (sulfide) groups is 1. The minimum absolute atomic E-state index is 0.0535. The molecule has 0 saturated carbocycles. The summed E-state index contributed by atoms with van der Waals surface area (Å²) >= 11 is 1.60. The van der Waals surface area contributed by atoms with Crippen LogP contribution in [-0.2, 0) is 16.0 Å². The molecule has 0 spiro atoms. The van der Waals surface area contributed by atoms with Gasteiger partial charge in [-0.2, -0.15) is 0 Å². The summed E-state index contributed by atoms with van der Waals surface area (Å²) in [5.74, 6) is 0.977. The van der Waals surface area contributed by atoms with Crippen LogP contribution in [0.3, 0.4) is 0 Å². The highest BCUT2D eigenvalue weighted by molar-refractivity contribution is 7.99. The van der Waals surface area contributed by atoms with Gasteiger partial charge in [-0.15, -0.1) is 11.8 Å². The van der Waals surface area contributed by atoms with Gasteiger partial charge in [0.25, 0.3) is 0 Å². The Morgan fingerprint density at radius 1 is 1.33 bits per heavy atom. The highest BCUT2D eigenvalue weighted by Crippen LogP contribution is 2.24. The van der Waals surface area contributed by atoms with Crippen LogP contribution in [0.2, 0.25) is 0 Å². The van der Waals surface area contributed by atoms with Crippen LogP contribution in [0.15, 0.2) is 41.2 Å². The molecule has 1 aliphatic rings. The van der Waals surface area contributed by atoms with Crippen molar-refractivity contribution in [3.8, 4) is 0 Å². The molecule has 0 bridgehead atoms. The number of anilines is 1. The number of benzene rings is 1. The van der Waals surface area contributed by atoms with Gasteiger partial charge in [-0.3, -0.25) is 9.59 Å². The molecule has 1 aromatic carbocycles. The highest BCUT2D eigenvalue weighted by atomic mass is 32.2. The quantitative estimate of drug-likeness (QED) is 0.926. The van der Waals surface area contributed by atoms with Gasteiger partial charge in [-0.25, -0.2) is 0 Å². The van der Waals surface area contributed by atoms with Crippen molar-refractivity contribution in [1.29, 1.82) is 0 Å². The third kappa shape index (κ3) is 3.64. The number of furan rings is 1. The van der Waals surface area contributed by atoms with Gasteiger partial charge in [-0.1, -0.05) is 17.7 Å². The average Bonchev–Trinajstić information content (AvgIpc) is 3.20. The van der Waals surface area contributed by atoms with Gasteiger partial charge in [0.1, 0.15) is 6.04 Å². The molecule has 3 rings (SSSR count). The zero-order chi connectivity index (χ0) is 17.1. The van der Waals surface area contributed by atoms with Crippen molar-refractivity contribution in [3.05, 3.63) is 53.5 Å². The molecule has 6 heteroatoms. The Balaban J connectivity index is 1.68. The first-order chi connectivity index (χ1) is 11.5. The van der Waals surface area contributed by atoms with Crippen molar-refractivity contribution < 1.29 is 14.0 Å². The summed E-state index contributed by atoms with van der Waals surface area (Å²) in [6.07, 6.45) is 3.36. The van der Waals surface area contributed by atoms with Crippen molar-refractivity contribution in [3.63, 3.8) is 0 Å². The number of carbonyl (C=O) groups is 2. The molecule has 126 valence electrons. The fourth-order valence-corrected chi connectivity index (χ4v) is 3.93. The fourth-order valence-electron chi connectivity index (χ4n) is 2.74. The number of carbonyl (C=O) groups excluding carboxylic acids is 2. The number of rotatable bonds is 4. The summed E-state index contributed by atoms with van der Waals surface area (Å²) in [4.78, 5) is 26.8. The number of hydrogen-bond donors (Lipinski definition) is 1. The Kier molecular flexibility index (Phi) is 4.94. The third-order valence-electron chi connectivity index (χ3n) is 4.08. The molecule has 2 amide bonds. The third-order valence-corrected chi connectivity index (χ3v) is 5.09. The predicted octanol–water partition coefficient (Wildman–Crippen LogP) is 2.98. The Morgan fingerprint density at radius 2 is 2.17 bits per heavy atom. The van der Waals surface area contributed by atoms with E-state index in [2.05, 4.69) is 5.32 Å². The van der Waals surface area contributed by atoms with Gasteiger partial charge < -0.3 is 14.6 Å². The molecule has 1 N–H and O–H groups in total. The molecule has 2 heterocycles. The van der Waals surface area contributed by atoms with Crippen molar-refractivity contribution in [2.24, 2.45) is 0 Å². The average molecular weight is 344 g/mol. The van der Waals surface area contributed by atoms with Crippen molar-refractivity contribution in [2.75, 3.05) is 16.9 Å². The SMILES string of the molecule is Cc1ccc(NC(=O)[C@H]2CSCN2C(=O)Cc2ccoc2)c(C)c1. The number of amides is 2. The Hall–Kier alpha value is -2.21. The van der Waals surface area contributed by atoms with Crippen LogP contribution in [0.4, 0.5) is 5.69 Å². The lowest BCUT2D eigenvalue weighted by atomic mass is 10.1. The summed E-state index contributed by atoms with van der Waals surface area (Å²) < 4.78 is 5.00. The molecule has 1 atom stereocenters. The Bertz CT molecular complexity index is 743. The minimum atomic E-state index is -0.435. The van der Waals surface area contributed by atoms with Gasteiger partial charge >= 0.3 is 0 Å². The first kappa shape index (κ1) is 16.6. The number of aryl methyl sites for hydroxylation is 2. The summed E-state index contributed by atoms with van der Waals surface area (Å²) in [5.41, 5.74) is 3.79. The maximum atomic E-state index is 12.6. The topological polar surface area (TPSA) is 62.6 Å². The summed E-state index contributed by atoms with van der Waals surface area (Å²) in [6, 6.07) is 7.23. The van der Waals surface area contributed by atoms with Gasteiger partial charge in [0, 0.05) is 11.4 Å². The van der Waals surface area contributed by atoms with E-state index in [9.17, 15) is 9.59 Å². The second kappa shape index (κ2) is 7.13. The molecule has 1 fully saturated rings.